The van der Waals surface area contributed by atoms with Crippen molar-refractivity contribution in [3.05, 3.63) is 65.9 Å². The molecule has 1 saturated heterocycles. The lowest BCUT2D eigenvalue weighted by Gasteiger charge is -2.30. The lowest BCUT2D eigenvalue weighted by molar-refractivity contribution is -0.132. The van der Waals surface area contributed by atoms with Crippen molar-refractivity contribution in [1.82, 2.24) is 15.2 Å². The zero-order valence-electron chi connectivity index (χ0n) is 16.0. The van der Waals surface area contributed by atoms with Crippen molar-refractivity contribution >= 4 is 17.9 Å². The van der Waals surface area contributed by atoms with Crippen LogP contribution in [0.4, 0.5) is 0 Å². The summed E-state index contributed by atoms with van der Waals surface area (Å²) in [7, 11) is 1.56. The van der Waals surface area contributed by atoms with E-state index >= 15 is 0 Å². The number of piperidine rings is 1. The van der Waals surface area contributed by atoms with Crippen molar-refractivity contribution in [2.75, 3.05) is 20.2 Å². The van der Waals surface area contributed by atoms with E-state index in [1.165, 1.54) is 0 Å². The molecule has 1 aliphatic rings. The lowest BCUT2D eigenvalue weighted by atomic mass is 9.95. The third-order valence-electron chi connectivity index (χ3n) is 4.89. The van der Waals surface area contributed by atoms with Gasteiger partial charge in [0.2, 0.25) is 17.7 Å². The molecule has 28 heavy (non-hydrogen) atoms. The number of rotatable bonds is 6. The largest absolute Gasteiger partial charge is 0.481 e. The van der Waals surface area contributed by atoms with E-state index in [4.69, 9.17) is 4.74 Å². The lowest BCUT2D eigenvalue weighted by Crippen LogP contribution is -2.42. The number of hydrogen-bond acceptors (Lipinski definition) is 4. The Morgan fingerprint density at radius 2 is 1.93 bits per heavy atom. The summed E-state index contributed by atoms with van der Waals surface area (Å²) >= 11 is 0. The number of benzene rings is 1. The first-order valence-corrected chi connectivity index (χ1v) is 9.45. The van der Waals surface area contributed by atoms with Gasteiger partial charge in [-0.3, -0.25) is 9.59 Å². The Morgan fingerprint density at radius 3 is 2.64 bits per heavy atom. The molecule has 0 unspecified atom stereocenters. The molecule has 2 aromatic rings. The van der Waals surface area contributed by atoms with Crippen LogP contribution in [-0.4, -0.2) is 41.9 Å². The Hall–Kier alpha value is -3.15. The van der Waals surface area contributed by atoms with Crippen molar-refractivity contribution in [3.63, 3.8) is 0 Å². The molecule has 1 aliphatic heterocycles. The number of amides is 2. The molecule has 0 aliphatic carbocycles. The van der Waals surface area contributed by atoms with Crippen molar-refractivity contribution in [2.24, 2.45) is 5.92 Å². The van der Waals surface area contributed by atoms with Gasteiger partial charge in [-0.25, -0.2) is 4.98 Å². The Bertz CT molecular complexity index is 828. The minimum absolute atomic E-state index is 0.0113. The number of hydrogen-bond donors (Lipinski definition) is 1. The predicted octanol–water partition coefficient (Wildman–Crippen LogP) is 2.66. The van der Waals surface area contributed by atoms with Crippen LogP contribution in [0.15, 0.2) is 54.7 Å². The molecule has 146 valence electrons. The fourth-order valence-corrected chi connectivity index (χ4v) is 3.27. The molecule has 2 heterocycles. The Labute approximate surface area is 165 Å². The van der Waals surface area contributed by atoms with Crippen LogP contribution in [0.2, 0.25) is 0 Å². The molecule has 6 heteroatoms. The third kappa shape index (κ3) is 5.19. The van der Waals surface area contributed by atoms with E-state index < -0.39 is 0 Å². The Kier molecular flexibility index (Phi) is 6.78. The molecular weight excluding hydrogens is 354 g/mol. The number of methoxy groups -OCH3 is 1. The van der Waals surface area contributed by atoms with Gasteiger partial charge in [0.25, 0.3) is 0 Å². The van der Waals surface area contributed by atoms with Gasteiger partial charge in [-0.1, -0.05) is 36.4 Å². The third-order valence-corrected chi connectivity index (χ3v) is 4.89. The summed E-state index contributed by atoms with van der Waals surface area (Å²) in [6.45, 7) is 1.56. The topological polar surface area (TPSA) is 71.5 Å². The van der Waals surface area contributed by atoms with E-state index in [1.54, 1.807) is 24.3 Å². The van der Waals surface area contributed by atoms with Crippen LogP contribution >= 0.6 is 0 Å². The van der Waals surface area contributed by atoms with Gasteiger partial charge in [0.05, 0.1) is 7.11 Å². The van der Waals surface area contributed by atoms with E-state index in [0.29, 0.717) is 38.4 Å². The predicted molar refractivity (Wildman–Crippen MR) is 107 cm³/mol. The molecule has 0 atom stereocenters. The summed E-state index contributed by atoms with van der Waals surface area (Å²) in [6, 6.07) is 13.4. The number of carbonyl (C=O) groups is 2. The van der Waals surface area contributed by atoms with E-state index in [0.717, 1.165) is 11.1 Å². The summed E-state index contributed by atoms with van der Waals surface area (Å²) in [5.41, 5.74) is 1.84. The average molecular weight is 379 g/mol. The van der Waals surface area contributed by atoms with Gasteiger partial charge in [-0.05, 0) is 30.5 Å². The first-order chi connectivity index (χ1) is 13.7. The first kappa shape index (κ1) is 19.6. The minimum Gasteiger partial charge on any atom is -0.481 e. The fourth-order valence-electron chi connectivity index (χ4n) is 3.27. The zero-order valence-corrected chi connectivity index (χ0v) is 16.0. The second kappa shape index (κ2) is 9.69. The molecule has 6 nitrogen and oxygen atoms in total. The highest BCUT2D eigenvalue weighted by molar-refractivity contribution is 5.92. The molecular formula is C22H25N3O3. The highest BCUT2D eigenvalue weighted by atomic mass is 16.5. The number of likely N-dealkylation sites (tertiary alicyclic amines) is 1. The second-order valence-corrected chi connectivity index (χ2v) is 6.73. The number of pyridine rings is 1. The molecule has 3 rings (SSSR count). The zero-order chi connectivity index (χ0) is 19.8. The highest BCUT2D eigenvalue weighted by Crippen LogP contribution is 2.19. The van der Waals surface area contributed by atoms with Gasteiger partial charge in [0.1, 0.15) is 0 Å². The van der Waals surface area contributed by atoms with Crippen molar-refractivity contribution in [3.8, 4) is 5.88 Å². The summed E-state index contributed by atoms with van der Waals surface area (Å²) in [5.74, 6) is 0.443. The smallest absolute Gasteiger partial charge is 0.246 e. The monoisotopic (exact) mass is 379 g/mol. The molecule has 2 amide bonds. The molecule has 1 N–H and O–H groups in total. The minimum atomic E-state index is -0.0789. The summed E-state index contributed by atoms with van der Waals surface area (Å²) < 4.78 is 5.21. The average Bonchev–Trinajstić information content (AvgIpc) is 2.76. The van der Waals surface area contributed by atoms with Crippen LogP contribution in [0, 0.1) is 5.92 Å². The van der Waals surface area contributed by atoms with Crippen LogP contribution in [0.1, 0.15) is 24.0 Å². The van der Waals surface area contributed by atoms with Crippen LogP contribution in [0.3, 0.4) is 0 Å². The van der Waals surface area contributed by atoms with Crippen LogP contribution in [0.5, 0.6) is 5.88 Å². The van der Waals surface area contributed by atoms with Gasteiger partial charge in [-0.15, -0.1) is 0 Å². The Balaban J connectivity index is 1.46. The number of aromatic nitrogens is 1. The van der Waals surface area contributed by atoms with Gasteiger partial charge in [0.15, 0.2) is 0 Å². The Morgan fingerprint density at radius 1 is 1.18 bits per heavy atom. The standard InChI is InChI=1S/C22H25N3O3/c1-28-22-19(8-5-13-23-22)16-24-21(27)18-11-14-25(15-12-18)20(26)10-9-17-6-3-2-4-7-17/h2-10,13,18H,11-12,14-16H2,1H3,(H,24,27)/b10-9+. The second-order valence-electron chi connectivity index (χ2n) is 6.73. The first-order valence-electron chi connectivity index (χ1n) is 9.45. The van der Waals surface area contributed by atoms with E-state index in [9.17, 15) is 9.59 Å². The highest BCUT2D eigenvalue weighted by Gasteiger charge is 2.26. The molecule has 1 fully saturated rings. The number of ether oxygens (including phenoxy) is 1. The molecule has 0 saturated carbocycles. The van der Waals surface area contributed by atoms with Crippen LogP contribution in [0.25, 0.3) is 6.08 Å². The normalized spacial score (nSPS) is 14.8. The van der Waals surface area contributed by atoms with Gasteiger partial charge in [0, 0.05) is 43.4 Å². The summed E-state index contributed by atoms with van der Waals surface area (Å²) in [5, 5.41) is 2.96. The molecule has 1 aromatic heterocycles. The maximum Gasteiger partial charge on any atom is 0.246 e. The summed E-state index contributed by atoms with van der Waals surface area (Å²) in [6.07, 6.45) is 6.41. The fraction of sp³-hybridized carbons (Fsp3) is 0.318. The van der Waals surface area contributed by atoms with Crippen molar-refractivity contribution in [2.45, 2.75) is 19.4 Å². The van der Waals surface area contributed by atoms with Gasteiger partial charge in [-0.2, -0.15) is 0 Å². The van der Waals surface area contributed by atoms with E-state index in [1.807, 2.05) is 48.5 Å². The SMILES string of the molecule is COc1ncccc1CNC(=O)C1CCN(C(=O)/C=C/c2ccccc2)CC1. The van der Waals surface area contributed by atoms with E-state index in [-0.39, 0.29) is 17.7 Å². The number of nitrogens with one attached hydrogen (secondary N) is 1. The molecule has 0 bridgehead atoms. The quantitative estimate of drug-likeness (QED) is 0.784. The van der Waals surface area contributed by atoms with Crippen LogP contribution in [-0.2, 0) is 16.1 Å². The number of carbonyl (C=O) groups excluding carboxylic acids is 2. The maximum absolute atomic E-state index is 12.5. The molecule has 0 radical (unpaired) electrons. The maximum atomic E-state index is 12.5. The van der Waals surface area contributed by atoms with Gasteiger partial charge < -0.3 is 15.0 Å². The van der Waals surface area contributed by atoms with Crippen molar-refractivity contribution < 1.29 is 14.3 Å². The van der Waals surface area contributed by atoms with Crippen molar-refractivity contribution in [1.29, 1.82) is 0 Å². The molecule has 1 aromatic carbocycles. The van der Waals surface area contributed by atoms with E-state index in [2.05, 4.69) is 10.3 Å². The van der Waals surface area contributed by atoms with Gasteiger partial charge >= 0.3 is 0 Å². The number of nitrogens with zero attached hydrogens (tertiary/aromatic N) is 2. The summed E-state index contributed by atoms with van der Waals surface area (Å²) in [4.78, 5) is 30.7. The molecule has 0 spiro atoms. The van der Waals surface area contributed by atoms with Crippen LogP contribution < -0.4 is 10.1 Å².